The number of hydrogen-bond acceptors (Lipinski definition) is 3. The van der Waals surface area contributed by atoms with E-state index in [0.717, 1.165) is 50.3 Å². The van der Waals surface area contributed by atoms with Crippen LogP contribution >= 0.6 is 0 Å². The molecule has 0 aromatic heterocycles. The van der Waals surface area contributed by atoms with Gasteiger partial charge < -0.3 is 9.47 Å². The summed E-state index contributed by atoms with van der Waals surface area (Å²) in [5, 5.41) is 0. The Hall–Kier alpha value is -2.50. The molecule has 0 heterocycles. The molecule has 0 amide bonds. The third kappa shape index (κ3) is 5.75. The molecule has 0 bridgehead atoms. The molecule has 0 aliphatic heterocycles. The fourth-order valence-electron chi connectivity index (χ4n) is 3.64. The summed E-state index contributed by atoms with van der Waals surface area (Å²) in [4.78, 5) is 12.4. The maximum absolute atomic E-state index is 13.6. The first-order chi connectivity index (χ1) is 13.8. The van der Waals surface area contributed by atoms with Crippen molar-refractivity contribution < 1.29 is 27.4 Å². The van der Waals surface area contributed by atoms with Crippen LogP contribution in [0.2, 0.25) is 0 Å². The summed E-state index contributed by atoms with van der Waals surface area (Å²) in [5.74, 6) is -0.715. The van der Waals surface area contributed by atoms with Gasteiger partial charge in [-0.2, -0.15) is 13.2 Å². The van der Waals surface area contributed by atoms with Crippen LogP contribution in [0.5, 0.6) is 11.5 Å². The number of para-hydroxylation sites is 1. The van der Waals surface area contributed by atoms with Crippen LogP contribution in [0.4, 0.5) is 13.2 Å². The summed E-state index contributed by atoms with van der Waals surface area (Å²) in [6.07, 6.45) is 1.86. The van der Waals surface area contributed by atoms with Crippen molar-refractivity contribution in [3.63, 3.8) is 0 Å². The molecule has 1 aliphatic carbocycles. The van der Waals surface area contributed by atoms with E-state index in [4.69, 9.17) is 9.47 Å². The highest BCUT2D eigenvalue weighted by molar-refractivity contribution is 5.91. The molecule has 29 heavy (non-hydrogen) atoms. The van der Waals surface area contributed by atoms with Gasteiger partial charge in [0.15, 0.2) is 0 Å². The van der Waals surface area contributed by atoms with Crippen LogP contribution in [0.25, 0.3) is 0 Å². The van der Waals surface area contributed by atoms with E-state index < -0.39 is 23.3 Å². The molecule has 3 nitrogen and oxygen atoms in total. The van der Waals surface area contributed by atoms with Gasteiger partial charge in [0.2, 0.25) is 0 Å². The molecule has 2 aromatic rings. The summed E-state index contributed by atoms with van der Waals surface area (Å²) in [5.41, 5.74) is -1.55. The smallest absolute Gasteiger partial charge is 0.419 e. The second-order valence-corrected chi connectivity index (χ2v) is 7.73. The topological polar surface area (TPSA) is 35.5 Å². The molecule has 0 spiro atoms. The Morgan fingerprint density at radius 2 is 1.55 bits per heavy atom. The van der Waals surface area contributed by atoms with E-state index in [1.807, 2.05) is 6.92 Å². The third-order valence-electron chi connectivity index (χ3n) is 5.24. The quantitative estimate of drug-likeness (QED) is 0.413. The summed E-state index contributed by atoms with van der Waals surface area (Å²) in [6, 6.07) is 11.6. The lowest BCUT2D eigenvalue weighted by molar-refractivity contribution is -0.140. The van der Waals surface area contributed by atoms with Crippen molar-refractivity contribution in [3.05, 3.63) is 59.7 Å². The average molecular weight is 406 g/mol. The first kappa shape index (κ1) is 21.2. The van der Waals surface area contributed by atoms with Crippen LogP contribution in [-0.4, -0.2) is 11.6 Å². The number of esters is 1. The Kier molecular flexibility index (Phi) is 6.50. The third-order valence-corrected chi connectivity index (χ3v) is 5.24. The fraction of sp³-hybridized carbons (Fsp3) is 0.435. The highest BCUT2D eigenvalue weighted by atomic mass is 19.4. The SMILES string of the molecule is CC1(Oc2cc(C(=O)Oc3ccccc3)ccc2C(F)(F)F)CCCCCCC1. The maximum atomic E-state index is 13.6. The van der Waals surface area contributed by atoms with Crippen LogP contribution in [-0.2, 0) is 6.18 Å². The first-order valence-electron chi connectivity index (χ1n) is 9.94. The highest BCUT2D eigenvalue weighted by Gasteiger charge is 2.37. The number of ether oxygens (including phenoxy) is 2. The molecule has 0 radical (unpaired) electrons. The zero-order valence-corrected chi connectivity index (χ0v) is 16.4. The Bertz CT molecular complexity index is 823. The monoisotopic (exact) mass is 406 g/mol. The molecule has 3 rings (SSSR count). The molecular weight excluding hydrogens is 381 g/mol. The number of benzene rings is 2. The van der Waals surface area contributed by atoms with Crippen molar-refractivity contribution in [2.24, 2.45) is 0 Å². The predicted octanol–water partition coefficient (Wildman–Crippen LogP) is 6.81. The minimum absolute atomic E-state index is 0.0197. The van der Waals surface area contributed by atoms with E-state index in [1.54, 1.807) is 30.3 Å². The Morgan fingerprint density at radius 3 is 2.17 bits per heavy atom. The van der Waals surface area contributed by atoms with Gasteiger partial charge in [-0.25, -0.2) is 4.79 Å². The van der Waals surface area contributed by atoms with Crippen molar-refractivity contribution in [2.75, 3.05) is 0 Å². The van der Waals surface area contributed by atoms with E-state index in [-0.39, 0.29) is 11.3 Å². The maximum Gasteiger partial charge on any atom is 0.419 e. The standard InChI is InChI=1S/C23H25F3O3/c1-22(14-8-3-2-4-9-15-22)29-20-16-17(12-13-19(20)23(24,25)26)21(27)28-18-10-6-5-7-11-18/h5-7,10-13,16H,2-4,8-9,14-15H2,1H3. The van der Waals surface area contributed by atoms with Crippen molar-refractivity contribution in [1.29, 1.82) is 0 Å². The predicted molar refractivity (Wildman–Crippen MR) is 104 cm³/mol. The molecule has 0 unspecified atom stereocenters. The minimum Gasteiger partial charge on any atom is -0.487 e. The highest BCUT2D eigenvalue weighted by Crippen LogP contribution is 2.40. The Morgan fingerprint density at radius 1 is 0.931 bits per heavy atom. The molecule has 1 saturated carbocycles. The number of halogens is 3. The van der Waals surface area contributed by atoms with Crippen molar-refractivity contribution in [1.82, 2.24) is 0 Å². The average Bonchev–Trinajstić information content (AvgIpc) is 2.65. The Labute approximate surface area is 168 Å². The van der Waals surface area contributed by atoms with Crippen molar-refractivity contribution >= 4 is 5.97 Å². The van der Waals surface area contributed by atoms with Crippen molar-refractivity contribution in [2.45, 2.75) is 63.6 Å². The van der Waals surface area contributed by atoms with Gasteiger partial charge in [-0.15, -0.1) is 0 Å². The van der Waals surface area contributed by atoms with E-state index in [0.29, 0.717) is 18.6 Å². The van der Waals surface area contributed by atoms with E-state index in [9.17, 15) is 18.0 Å². The fourth-order valence-corrected chi connectivity index (χ4v) is 3.64. The molecule has 1 aliphatic rings. The van der Waals surface area contributed by atoms with Gasteiger partial charge in [0, 0.05) is 0 Å². The van der Waals surface area contributed by atoms with Gasteiger partial charge in [-0.05, 0) is 62.9 Å². The number of rotatable bonds is 4. The minimum atomic E-state index is -4.57. The molecule has 2 aromatic carbocycles. The molecule has 0 atom stereocenters. The number of hydrogen-bond donors (Lipinski definition) is 0. The molecule has 0 N–H and O–H groups in total. The summed E-state index contributed by atoms with van der Waals surface area (Å²) < 4.78 is 51.9. The lowest BCUT2D eigenvalue weighted by Gasteiger charge is -2.33. The summed E-state index contributed by atoms with van der Waals surface area (Å²) in [7, 11) is 0. The molecule has 0 saturated heterocycles. The normalized spacial score (nSPS) is 17.1. The number of carbonyl (C=O) groups is 1. The zero-order chi connectivity index (χ0) is 20.9. The van der Waals surface area contributed by atoms with Crippen LogP contribution in [0.15, 0.2) is 48.5 Å². The van der Waals surface area contributed by atoms with Gasteiger partial charge in [0.05, 0.1) is 11.1 Å². The molecule has 1 fully saturated rings. The van der Waals surface area contributed by atoms with Crippen molar-refractivity contribution in [3.8, 4) is 11.5 Å². The second kappa shape index (κ2) is 8.89. The van der Waals surface area contributed by atoms with Gasteiger partial charge in [0.1, 0.15) is 17.1 Å². The Balaban J connectivity index is 1.88. The molecule has 6 heteroatoms. The van der Waals surface area contributed by atoms with Gasteiger partial charge in [-0.3, -0.25) is 0 Å². The van der Waals surface area contributed by atoms with E-state index in [1.165, 1.54) is 0 Å². The zero-order valence-electron chi connectivity index (χ0n) is 16.4. The summed E-state index contributed by atoms with van der Waals surface area (Å²) in [6.45, 7) is 1.85. The summed E-state index contributed by atoms with van der Waals surface area (Å²) >= 11 is 0. The largest absolute Gasteiger partial charge is 0.487 e. The van der Waals surface area contributed by atoms with Crippen LogP contribution in [0.3, 0.4) is 0 Å². The van der Waals surface area contributed by atoms with Crippen LogP contribution in [0.1, 0.15) is 67.8 Å². The number of alkyl halides is 3. The number of carbonyl (C=O) groups excluding carboxylic acids is 1. The van der Waals surface area contributed by atoms with E-state index >= 15 is 0 Å². The van der Waals surface area contributed by atoms with Crippen LogP contribution < -0.4 is 9.47 Å². The lowest BCUT2D eigenvalue weighted by atomic mass is 9.88. The van der Waals surface area contributed by atoms with E-state index in [2.05, 4.69) is 0 Å². The second-order valence-electron chi connectivity index (χ2n) is 7.73. The lowest BCUT2D eigenvalue weighted by Crippen LogP contribution is -2.34. The first-order valence-corrected chi connectivity index (χ1v) is 9.94. The molecule has 156 valence electrons. The molecular formula is C23H25F3O3. The van der Waals surface area contributed by atoms with Gasteiger partial charge in [-0.1, -0.05) is 37.5 Å². The van der Waals surface area contributed by atoms with Crippen LogP contribution in [0, 0.1) is 0 Å². The van der Waals surface area contributed by atoms with Gasteiger partial charge >= 0.3 is 12.1 Å². The van der Waals surface area contributed by atoms with Gasteiger partial charge in [0.25, 0.3) is 0 Å².